The number of carboxylic acids is 2. The molecular formula is C20H25Cl2N5O5. The smallest absolute Gasteiger partial charge is 0.328 e. The normalized spacial score (nSPS) is 15.6. The predicted molar refractivity (Wildman–Crippen MR) is 120 cm³/mol. The molecule has 1 amide bonds. The second-order valence-corrected chi connectivity index (χ2v) is 8.30. The second kappa shape index (κ2) is 12.9. The Labute approximate surface area is 195 Å². The number of pyridine rings is 1. The Morgan fingerprint density at radius 3 is 2.47 bits per heavy atom. The molecule has 2 rings (SSSR count). The summed E-state index contributed by atoms with van der Waals surface area (Å²) < 4.78 is 0. The van der Waals surface area contributed by atoms with Gasteiger partial charge < -0.3 is 25.7 Å². The van der Waals surface area contributed by atoms with E-state index in [-0.39, 0.29) is 24.0 Å². The van der Waals surface area contributed by atoms with Gasteiger partial charge in [-0.2, -0.15) is 5.26 Å². The summed E-state index contributed by atoms with van der Waals surface area (Å²) in [7, 11) is 0. The summed E-state index contributed by atoms with van der Waals surface area (Å²) in [4.78, 5) is 37.2. The van der Waals surface area contributed by atoms with Crippen molar-refractivity contribution in [2.75, 3.05) is 25.0 Å². The Morgan fingerprint density at radius 2 is 1.94 bits per heavy atom. The van der Waals surface area contributed by atoms with Crippen LogP contribution in [0.15, 0.2) is 24.4 Å². The van der Waals surface area contributed by atoms with Gasteiger partial charge in [0, 0.05) is 37.0 Å². The number of carbonyl (C=O) groups is 3. The van der Waals surface area contributed by atoms with E-state index in [0.29, 0.717) is 41.1 Å². The lowest BCUT2D eigenvalue weighted by Crippen LogP contribution is -2.50. The largest absolute Gasteiger partial charge is 0.478 e. The molecule has 1 aromatic rings. The van der Waals surface area contributed by atoms with Gasteiger partial charge in [-0.15, -0.1) is 0 Å². The molecule has 1 saturated heterocycles. The van der Waals surface area contributed by atoms with E-state index in [4.69, 9.17) is 38.7 Å². The maximum atomic E-state index is 12.3. The molecule has 174 valence electrons. The van der Waals surface area contributed by atoms with Crippen molar-refractivity contribution in [1.29, 1.82) is 5.26 Å². The highest BCUT2D eigenvalue weighted by molar-refractivity contribution is 6.35. The number of hydrogen-bond donors (Lipinski definition) is 4. The zero-order valence-corrected chi connectivity index (χ0v) is 19.2. The van der Waals surface area contributed by atoms with Crippen LogP contribution >= 0.6 is 23.2 Å². The van der Waals surface area contributed by atoms with Crippen LogP contribution in [0.1, 0.15) is 26.7 Å². The van der Waals surface area contributed by atoms with Crippen LogP contribution in [0.3, 0.4) is 0 Å². The molecule has 0 radical (unpaired) electrons. The van der Waals surface area contributed by atoms with Gasteiger partial charge in [-0.05, 0) is 32.8 Å². The van der Waals surface area contributed by atoms with Crippen LogP contribution in [-0.2, 0) is 14.4 Å². The molecule has 0 saturated carbocycles. The Morgan fingerprint density at radius 1 is 1.31 bits per heavy atom. The van der Waals surface area contributed by atoms with Gasteiger partial charge in [-0.25, -0.2) is 14.6 Å². The number of amides is 1. The topological polar surface area (TPSA) is 156 Å². The summed E-state index contributed by atoms with van der Waals surface area (Å²) in [6.07, 6.45) is 4.28. The lowest BCUT2D eigenvalue weighted by molar-refractivity contribution is -0.134. The van der Waals surface area contributed by atoms with Crippen LogP contribution in [0.5, 0.6) is 0 Å². The summed E-state index contributed by atoms with van der Waals surface area (Å²) in [5.74, 6) is -2.01. The minimum Gasteiger partial charge on any atom is -0.478 e. The number of anilines is 1. The molecule has 1 unspecified atom stereocenters. The molecule has 0 aliphatic carbocycles. The highest BCUT2D eigenvalue weighted by atomic mass is 35.5. The predicted octanol–water partition coefficient (Wildman–Crippen LogP) is 2.39. The SMILES string of the molecule is CC(C)(CNc1ncc(Cl)cc1Cl)NCC(=O)N1CCCC1C#N.O=C(O)/C=C/C(=O)O. The third-order valence-corrected chi connectivity index (χ3v) is 4.81. The Hall–Kier alpha value is -2.87. The van der Waals surface area contributed by atoms with E-state index in [1.165, 1.54) is 6.20 Å². The maximum absolute atomic E-state index is 12.3. The first kappa shape index (κ1) is 27.2. The van der Waals surface area contributed by atoms with E-state index in [0.717, 1.165) is 12.8 Å². The summed E-state index contributed by atoms with van der Waals surface area (Å²) in [5.41, 5.74) is -0.359. The fourth-order valence-corrected chi connectivity index (χ4v) is 3.12. The first-order valence-electron chi connectivity index (χ1n) is 9.58. The lowest BCUT2D eigenvalue weighted by atomic mass is 10.1. The molecule has 32 heavy (non-hydrogen) atoms. The van der Waals surface area contributed by atoms with E-state index in [2.05, 4.69) is 21.7 Å². The Kier molecular flexibility index (Phi) is 10.9. The first-order chi connectivity index (χ1) is 14.9. The number of aromatic nitrogens is 1. The maximum Gasteiger partial charge on any atom is 0.328 e. The van der Waals surface area contributed by atoms with Gasteiger partial charge in [0.25, 0.3) is 0 Å². The number of rotatable bonds is 8. The molecule has 10 nitrogen and oxygen atoms in total. The van der Waals surface area contributed by atoms with E-state index in [1.54, 1.807) is 11.0 Å². The fraction of sp³-hybridized carbons (Fsp3) is 0.450. The number of likely N-dealkylation sites (tertiary alicyclic amines) is 1. The summed E-state index contributed by atoms with van der Waals surface area (Å²) in [5, 5.41) is 32.0. The van der Waals surface area contributed by atoms with E-state index in [1.807, 2.05) is 13.8 Å². The van der Waals surface area contributed by atoms with Crippen LogP contribution in [0, 0.1) is 11.3 Å². The highest BCUT2D eigenvalue weighted by Crippen LogP contribution is 2.23. The van der Waals surface area contributed by atoms with Gasteiger partial charge in [-0.1, -0.05) is 23.2 Å². The number of aliphatic carboxylic acids is 2. The molecular weight excluding hydrogens is 461 g/mol. The molecule has 1 atom stereocenters. The van der Waals surface area contributed by atoms with Crippen molar-refractivity contribution < 1.29 is 24.6 Å². The summed E-state index contributed by atoms with van der Waals surface area (Å²) in [6.45, 7) is 5.32. The Balaban J connectivity index is 0.000000547. The van der Waals surface area contributed by atoms with Crippen molar-refractivity contribution >= 4 is 46.9 Å². The molecule has 4 N–H and O–H groups in total. The molecule has 0 bridgehead atoms. The monoisotopic (exact) mass is 485 g/mol. The van der Waals surface area contributed by atoms with Crippen molar-refractivity contribution in [2.45, 2.75) is 38.3 Å². The number of nitriles is 1. The van der Waals surface area contributed by atoms with Crippen molar-refractivity contribution in [3.63, 3.8) is 0 Å². The molecule has 0 spiro atoms. The highest BCUT2D eigenvalue weighted by Gasteiger charge is 2.29. The quantitative estimate of drug-likeness (QED) is 0.405. The molecule has 12 heteroatoms. The average molecular weight is 486 g/mol. The van der Waals surface area contributed by atoms with Crippen LogP contribution < -0.4 is 10.6 Å². The third kappa shape index (κ3) is 9.96. The number of hydrogen-bond acceptors (Lipinski definition) is 7. The van der Waals surface area contributed by atoms with E-state index >= 15 is 0 Å². The Bertz CT molecular complexity index is 885. The minimum absolute atomic E-state index is 0.0465. The van der Waals surface area contributed by atoms with Gasteiger partial charge in [0.15, 0.2) is 0 Å². The standard InChI is InChI=1S/C16H21Cl2N5O.C4H4O4/c1-16(2,10-21-15-13(18)6-11(17)8-20-15)22-9-14(24)23-5-3-4-12(23)7-19;5-3(6)1-2-4(7)8/h6,8,12,22H,3-5,9-10H2,1-2H3,(H,20,21);1-2H,(H,5,6)(H,7,8)/b;2-1+. The summed E-state index contributed by atoms with van der Waals surface area (Å²) in [6, 6.07) is 3.51. The molecule has 1 aromatic heterocycles. The molecule has 2 heterocycles. The van der Waals surface area contributed by atoms with Crippen molar-refractivity contribution in [2.24, 2.45) is 0 Å². The van der Waals surface area contributed by atoms with Gasteiger partial charge in [0.05, 0.1) is 22.7 Å². The van der Waals surface area contributed by atoms with Gasteiger partial charge in [-0.3, -0.25) is 4.79 Å². The molecule has 1 fully saturated rings. The molecule has 1 aliphatic heterocycles. The minimum atomic E-state index is -1.26. The molecule has 1 aliphatic rings. The van der Waals surface area contributed by atoms with Crippen molar-refractivity contribution in [1.82, 2.24) is 15.2 Å². The average Bonchev–Trinajstić information content (AvgIpc) is 3.19. The first-order valence-corrected chi connectivity index (χ1v) is 10.3. The summed E-state index contributed by atoms with van der Waals surface area (Å²) >= 11 is 11.9. The van der Waals surface area contributed by atoms with Crippen LogP contribution in [-0.4, -0.2) is 69.2 Å². The second-order valence-electron chi connectivity index (χ2n) is 7.46. The zero-order valence-electron chi connectivity index (χ0n) is 17.6. The van der Waals surface area contributed by atoms with Crippen molar-refractivity contribution in [3.8, 4) is 6.07 Å². The number of nitrogens with one attached hydrogen (secondary N) is 2. The van der Waals surface area contributed by atoms with Crippen molar-refractivity contribution in [3.05, 3.63) is 34.5 Å². The van der Waals surface area contributed by atoms with Crippen LogP contribution in [0.2, 0.25) is 10.0 Å². The van der Waals surface area contributed by atoms with Gasteiger partial charge in [0.2, 0.25) is 5.91 Å². The molecule has 0 aromatic carbocycles. The van der Waals surface area contributed by atoms with E-state index < -0.39 is 11.9 Å². The van der Waals surface area contributed by atoms with Crippen LogP contribution in [0.4, 0.5) is 5.82 Å². The van der Waals surface area contributed by atoms with Gasteiger partial charge >= 0.3 is 11.9 Å². The van der Waals surface area contributed by atoms with Gasteiger partial charge in [0.1, 0.15) is 11.9 Å². The number of halogens is 2. The fourth-order valence-electron chi connectivity index (χ4n) is 2.67. The number of carboxylic acid groups (broad SMARTS) is 2. The van der Waals surface area contributed by atoms with Crippen LogP contribution in [0.25, 0.3) is 0 Å². The third-order valence-electron chi connectivity index (χ3n) is 4.31. The number of nitrogens with zero attached hydrogens (tertiary/aromatic N) is 3. The lowest BCUT2D eigenvalue weighted by Gasteiger charge is -2.28. The van der Waals surface area contributed by atoms with E-state index in [9.17, 15) is 14.4 Å². The zero-order chi connectivity index (χ0) is 24.3. The number of carbonyl (C=O) groups excluding carboxylic acids is 1.